The first-order chi connectivity index (χ1) is 16.0. The van der Waals surface area contributed by atoms with Gasteiger partial charge in [-0.1, -0.05) is 23.8 Å². The van der Waals surface area contributed by atoms with Gasteiger partial charge >= 0.3 is 0 Å². The van der Waals surface area contributed by atoms with E-state index in [0.29, 0.717) is 29.1 Å². The van der Waals surface area contributed by atoms with Crippen molar-refractivity contribution >= 4 is 28.1 Å². The summed E-state index contributed by atoms with van der Waals surface area (Å²) in [5.74, 6) is 0.679. The molecule has 0 saturated heterocycles. The van der Waals surface area contributed by atoms with E-state index in [1.54, 1.807) is 19.4 Å². The molecule has 6 nitrogen and oxygen atoms in total. The predicted octanol–water partition coefficient (Wildman–Crippen LogP) is 5.34. The molecule has 0 aromatic heterocycles. The van der Waals surface area contributed by atoms with Gasteiger partial charge in [0.25, 0.3) is 5.91 Å². The van der Waals surface area contributed by atoms with Gasteiger partial charge in [0.1, 0.15) is 6.61 Å². The Morgan fingerprint density at radius 3 is 2.79 bits per heavy atom. The third kappa shape index (κ3) is 4.86. The smallest absolute Gasteiger partial charge is 0.250 e. The Balaban J connectivity index is 1.57. The monoisotopic (exact) mass is 505 g/mol. The minimum Gasteiger partial charge on any atom is -0.493 e. The van der Waals surface area contributed by atoms with Gasteiger partial charge in [-0.15, -0.1) is 0 Å². The van der Waals surface area contributed by atoms with E-state index in [2.05, 4.69) is 27.0 Å². The van der Waals surface area contributed by atoms with Gasteiger partial charge in [0.2, 0.25) is 0 Å². The van der Waals surface area contributed by atoms with E-state index in [1.807, 2.05) is 30.3 Å². The van der Waals surface area contributed by atoms with Crippen LogP contribution in [0.5, 0.6) is 11.5 Å². The van der Waals surface area contributed by atoms with Crippen LogP contribution in [0.2, 0.25) is 0 Å². The van der Waals surface area contributed by atoms with Crippen molar-refractivity contribution in [3.05, 3.63) is 80.0 Å². The Bertz CT molecular complexity index is 1240. The molecule has 2 aliphatic carbocycles. The third-order valence-corrected chi connectivity index (χ3v) is 6.65. The Morgan fingerprint density at radius 1 is 1.24 bits per heavy atom. The fourth-order valence-electron chi connectivity index (χ4n) is 4.31. The Kier molecular flexibility index (Phi) is 6.95. The number of hydrogen-bond acceptors (Lipinski definition) is 5. The minimum absolute atomic E-state index is 0.242. The second-order valence-electron chi connectivity index (χ2n) is 7.99. The van der Waals surface area contributed by atoms with Gasteiger partial charge in [-0.3, -0.25) is 9.79 Å². The molecule has 33 heavy (non-hydrogen) atoms. The molecule has 2 aliphatic rings. The van der Waals surface area contributed by atoms with Gasteiger partial charge in [0, 0.05) is 28.2 Å². The molecule has 0 aliphatic heterocycles. The van der Waals surface area contributed by atoms with Crippen molar-refractivity contribution in [1.82, 2.24) is 0 Å². The van der Waals surface area contributed by atoms with Crippen LogP contribution < -0.4 is 15.2 Å². The first kappa shape index (κ1) is 22.8. The number of primary amides is 1. The van der Waals surface area contributed by atoms with E-state index in [9.17, 15) is 10.1 Å². The summed E-state index contributed by atoms with van der Waals surface area (Å²) in [5, 5.41) is 9.28. The highest BCUT2D eigenvalue weighted by atomic mass is 79.9. The number of hydrogen-bond donors (Lipinski definition) is 1. The molecule has 0 heterocycles. The van der Waals surface area contributed by atoms with Crippen molar-refractivity contribution < 1.29 is 14.3 Å². The summed E-state index contributed by atoms with van der Waals surface area (Å²) in [5.41, 5.74) is 11.6. The molecule has 0 saturated carbocycles. The summed E-state index contributed by atoms with van der Waals surface area (Å²) in [4.78, 5) is 16.8. The largest absolute Gasteiger partial charge is 0.493 e. The van der Waals surface area contributed by atoms with E-state index in [1.165, 1.54) is 5.57 Å². The summed E-state index contributed by atoms with van der Waals surface area (Å²) in [6.45, 7) is 0.242. The van der Waals surface area contributed by atoms with Gasteiger partial charge in [-0.2, -0.15) is 5.26 Å². The van der Waals surface area contributed by atoms with Crippen LogP contribution in [0.4, 0.5) is 0 Å². The molecule has 0 spiro atoms. The summed E-state index contributed by atoms with van der Waals surface area (Å²) in [7, 11) is 1.57. The van der Waals surface area contributed by atoms with Crippen LogP contribution in [0.1, 0.15) is 48.8 Å². The molecule has 1 amide bonds. The van der Waals surface area contributed by atoms with Crippen LogP contribution in [0.25, 0.3) is 0 Å². The number of benzene rings is 2. The first-order valence-electron chi connectivity index (χ1n) is 10.8. The summed E-state index contributed by atoms with van der Waals surface area (Å²) in [6.07, 6.45) is 6.52. The van der Waals surface area contributed by atoms with Gasteiger partial charge in [0.15, 0.2) is 11.5 Å². The molecule has 0 unspecified atom stereocenters. The van der Waals surface area contributed by atoms with E-state index in [0.717, 1.165) is 52.6 Å². The van der Waals surface area contributed by atoms with Crippen LogP contribution in [-0.4, -0.2) is 19.2 Å². The number of carbonyl (C=O) groups is 1. The standard InChI is InChI=1S/C26H24BrN3O3/c1-32-23-11-19(14-30-22-10-16-6-4-5-9-20(16)25(22)26(29)31)21(27)12-24(23)33-15-18-8-3-2-7-17(18)13-28/h2-3,7-8,11-12,14H,4-6,9-10,15H2,1H3,(H2,29,31). The van der Waals surface area contributed by atoms with Gasteiger partial charge in [-0.25, -0.2) is 0 Å². The SMILES string of the molecule is COc1cc(C=NC2=C(C(N)=O)C3=C(CCCC3)C2)c(Br)cc1OCc1ccccc1C#N. The molecule has 2 aromatic carbocycles. The number of rotatable bonds is 7. The fraction of sp³-hybridized carbons (Fsp3) is 0.269. The van der Waals surface area contributed by atoms with Crippen molar-refractivity contribution in [2.24, 2.45) is 10.7 Å². The topological polar surface area (TPSA) is 97.7 Å². The lowest BCUT2D eigenvalue weighted by Gasteiger charge is -2.14. The quantitative estimate of drug-likeness (QED) is 0.513. The molecular weight excluding hydrogens is 482 g/mol. The Hall–Kier alpha value is -3.37. The van der Waals surface area contributed by atoms with Crippen molar-refractivity contribution in [2.45, 2.75) is 38.7 Å². The highest BCUT2D eigenvalue weighted by molar-refractivity contribution is 9.10. The fourth-order valence-corrected chi connectivity index (χ4v) is 4.74. The molecule has 2 N–H and O–H groups in total. The van der Waals surface area contributed by atoms with Crippen molar-refractivity contribution in [2.75, 3.05) is 7.11 Å². The van der Waals surface area contributed by atoms with Crippen LogP contribution >= 0.6 is 15.9 Å². The van der Waals surface area contributed by atoms with Gasteiger partial charge in [0.05, 0.1) is 30.0 Å². The molecule has 0 atom stereocenters. The van der Waals surface area contributed by atoms with Crippen LogP contribution in [0, 0.1) is 11.3 Å². The van der Waals surface area contributed by atoms with Crippen LogP contribution in [0.15, 0.2) is 68.3 Å². The van der Waals surface area contributed by atoms with E-state index < -0.39 is 5.91 Å². The Morgan fingerprint density at radius 2 is 2.03 bits per heavy atom. The van der Waals surface area contributed by atoms with E-state index in [4.69, 9.17) is 15.2 Å². The second kappa shape index (κ2) is 10.1. The maximum atomic E-state index is 12.1. The zero-order valence-corrected chi connectivity index (χ0v) is 19.9. The highest BCUT2D eigenvalue weighted by Gasteiger charge is 2.29. The van der Waals surface area contributed by atoms with E-state index in [-0.39, 0.29) is 6.61 Å². The number of nitriles is 1. The molecule has 0 radical (unpaired) electrons. The van der Waals surface area contributed by atoms with Crippen LogP contribution in [0.3, 0.4) is 0 Å². The molecule has 168 valence electrons. The number of ether oxygens (including phenoxy) is 2. The lowest BCUT2D eigenvalue weighted by atomic mass is 9.91. The number of nitrogens with two attached hydrogens (primary N) is 1. The molecular formula is C26H24BrN3O3. The number of amides is 1. The molecule has 4 rings (SSSR count). The normalized spacial score (nSPS) is 15.5. The maximum absolute atomic E-state index is 12.1. The maximum Gasteiger partial charge on any atom is 0.250 e. The average Bonchev–Trinajstić information content (AvgIpc) is 3.20. The molecule has 2 aromatic rings. The average molecular weight is 506 g/mol. The van der Waals surface area contributed by atoms with Gasteiger partial charge < -0.3 is 15.2 Å². The first-order valence-corrected chi connectivity index (χ1v) is 11.6. The lowest BCUT2D eigenvalue weighted by molar-refractivity contribution is -0.114. The number of methoxy groups -OCH3 is 1. The van der Waals surface area contributed by atoms with Crippen molar-refractivity contribution in [1.29, 1.82) is 5.26 Å². The van der Waals surface area contributed by atoms with E-state index >= 15 is 0 Å². The zero-order valence-electron chi connectivity index (χ0n) is 18.4. The third-order valence-electron chi connectivity index (χ3n) is 5.96. The Labute approximate surface area is 201 Å². The number of halogens is 1. The number of nitrogens with zero attached hydrogens (tertiary/aromatic N) is 2. The number of carbonyl (C=O) groups excluding carboxylic acids is 1. The zero-order chi connectivity index (χ0) is 23.4. The summed E-state index contributed by atoms with van der Waals surface area (Å²) in [6, 6.07) is 13.1. The van der Waals surface area contributed by atoms with Crippen molar-refractivity contribution in [3.8, 4) is 17.6 Å². The minimum atomic E-state index is -0.410. The summed E-state index contributed by atoms with van der Waals surface area (Å²) >= 11 is 3.58. The number of allylic oxidation sites excluding steroid dienone is 1. The lowest BCUT2D eigenvalue weighted by Crippen LogP contribution is -2.16. The molecule has 0 bridgehead atoms. The summed E-state index contributed by atoms with van der Waals surface area (Å²) < 4.78 is 12.3. The van der Waals surface area contributed by atoms with Crippen molar-refractivity contribution in [3.63, 3.8) is 0 Å². The van der Waals surface area contributed by atoms with Crippen LogP contribution in [-0.2, 0) is 11.4 Å². The predicted molar refractivity (Wildman–Crippen MR) is 130 cm³/mol. The van der Waals surface area contributed by atoms with Gasteiger partial charge in [-0.05, 0) is 65.4 Å². The number of aliphatic imine (C=N–C) groups is 1. The molecule has 7 heteroatoms. The second-order valence-corrected chi connectivity index (χ2v) is 8.85. The molecule has 0 fully saturated rings. The highest BCUT2D eigenvalue weighted by Crippen LogP contribution is 2.41.